The molecule has 102 valence electrons. The van der Waals surface area contributed by atoms with E-state index in [-0.39, 0.29) is 30.8 Å². The second kappa shape index (κ2) is 5.74. The predicted molar refractivity (Wildman–Crippen MR) is 59.9 cm³/mol. The van der Waals surface area contributed by atoms with Gasteiger partial charge in [0, 0.05) is 20.0 Å². The number of rotatable bonds is 5. The number of anilines is 1. The fourth-order valence-electron chi connectivity index (χ4n) is 1.37. The Hall–Kier alpha value is -1.73. The van der Waals surface area contributed by atoms with Crippen molar-refractivity contribution in [1.82, 2.24) is 15.1 Å². The number of aryl methyl sites for hydroxylation is 1. The standard InChI is InChI=1S/C10H15F3N4O/c1-17-8(14)7(6-16-17)9(18)15-5-3-2-4-10(11,12)13/h6H,2-5,14H2,1H3,(H,15,18). The van der Waals surface area contributed by atoms with Crippen LogP contribution in [0.2, 0.25) is 0 Å². The first-order valence-corrected chi connectivity index (χ1v) is 5.43. The Bertz CT molecular complexity index is 414. The molecular formula is C10H15F3N4O. The molecule has 8 heteroatoms. The van der Waals surface area contributed by atoms with Gasteiger partial charge in [0.15, 0.2) is 0 Å². The number of aromatic nitrogens is 2. The van der Waals surface area contributed by atoms with Gasteiger partial charge in [0.05, 0.1) is 6.20 Å². The second-order valence-electron chi connectivity index (χ2n) is 3.90. The van der Waals surface area contributed by atoms with Gasteiger partial charge in [-0.15, -0.1) is 0 Å². The van der Waals surface area contributed by atoms with Gasteiger partial charge in [-0.1, -0.05) is 0 Å². The third kappa shape index (κ3) is 4.27. The van der Waals surface area contributed by atoms with E-state index in [1.807, 2.05) is 0 Å². The molecule has 0 atom stereocenters. The van der Waals surface area contributed by atoms with Crippen LogP contribution < -0.4 is 11.1 Å². The quantitative estimate of drug-likeness (QED) is 0.791. The maximum Gasteiger partial charge on any atom is 0.389 e. The zero-order valence-electron chi connectivity index (χ0n) is 9.92. The van der Waals surface area contributed by atoms with Gasteiger partial charge in [-0.3, -0.25) is 9.48 Å². The van der Waals surface area contributed by atoms with E-state index in [1.165, 1.54) is 10.9 Å². The van der Waals surface area contributed by atoms with Crippen molar-refractivity contribution in [3.05, 3.63) is 11.8 Å². The van der Waals surface area contributed by atoms with Gasteiger partial charge >= 0.3 is 6.18 Å². The highest BCUT2D eigenvalue weighted by Crippen LogP contribution is 2.21. The lowest BCUT2D eigenvalue weighted by atomic mass is 10.2. The Balaban J connectivity index is 2.28. The lowest BCUT2D eigenvalue weighted by Crippen LogP contribution is -2.25. The maximum absolute atomic E-state index is 11.8. The van der Waals surface area contributed by atoms with Crippen molar-refractivity contribution in [2.24, 2.45) is 7.05 Å². The van der Waals surface area contributed by atoms with Crippen LogP contribution >= 0.6 is 0 Å². The lowest BCUT2D eigenvalue weighted by Gasteiger charge is -2.06. The highest BCUT2D eigenvalue weighted by Gasteiger charge is 2.25. The highest BCUT2D eigenvalue weighted by molar-refractivity contribution is 5.98. The average molecular weight is 264 g/mol. The minimum Gasteiger partial charge on any atom is -0.383 e. The largest absolute Gasteiger partial charge is 0.389 e. The van der Waals surface area contributed by atoms with Crippen LogP contribution in [0.25, 0.3) is 0 Å². The van der Waals surface area contributed by atoms with Crippen molar-refractivity contribution >= 4 is 11.7 Å². The van der Waals surface area contributed by atoms with Crippen LogP contribution in [0.15, 0.2) is 6.20 Å². The topological polar surface area (TPSA) is 72.9 Å². The number of amides is 1. The number of nitrogens with two attached hydrogens (primary N) is 1. The molecule has 1 aromatic heterocycles. The van der Waals surface area contributed by atoms with Gasteiger partial charge in [-0.05, 0) is 12.8 Å². The smallest absolute Gasteiger partial charge is 0.383 e. The van der Waals surface area contributed by atoms with Crippen molar-refractivity contribution in [2.75, 3.05) is 12.3 Å². The van der Waals surface area contributed by atoms with Crippen LogP contribution in [-0.2, 0) is 7.05 Å². The summed E-state index contributed by atoms with van der Waals surface area (Å²) in [5.41, 5.74) is 5.81. The number of unbranched alkanes of at least 4 members (excludes halogenated alkanes) is 1. The number of hydrogen-bond acceptors (Lipinski definition) is 3. The van der Waals surface area contributed by atoms with E-state index in [2.05, 4.69) is 10.4 Å². The fourth-order valence-corrected chi connectivity index (χ4v) is 1.37. The van der Waals surface area contributed by atoms with Gasteiger partial charge in [-0.2, -0.15) is 18.3 Å². The van der Waals surface area contributed by atoms with Gasteiger partial charge in [0.1, 0.15) is 11.4 Å². The maximum atomic E-state index is 11.8. The van der Waals surface area contributed by atoms with Gasteiger partial charge in [-0.25, -0.2) is 0 Å². The van der Waals surface area contributed by atoms with E-state index < -0.39 is 18.5 Å². The molecule has 0 spiro atoms. The van der Waals surface area contributed by atoms with Crippen molar-refractivity contribution in [3.63, 3.8) is 0 Å². The first-order chi connectivity index (χ1) is 8.31. The number of halogens is 3. The van der Waals surface area contributed by atoms with Crippen LogP contribution in [0, 0.1) is 0 Å². The minimum atomic E-state index is -4.14. The van der Waals surface area contributed by atoms with Crippen LogP contribution in [-0.4, -0.2) is 28.4 Å². The molecule has 0 aliphatic carbocycles. The summed E-state index contributed by atoms with van der Waals surface area (Å²) < 4.78 is 36.9. The third-order valence-corrected chi connectivity index (χ3v) is 2.40. The molecule has 0 saturated carbocycles. The van der Waals surface area contributed by atoms with E-state index in [9.17, 15) is 18.0 Å². The number of alkyl halides is 3. The summed E-state index contributed by atoms with van der Waals surface area (Å²) in [6.07, 6.45) is -3.40. The van der Waals surface area contributed by atoms with Crippen molar-refractivity contribution in [2.45, 2.75) is 25.4 Å². The molecule has 1 aromatic rings. The SMILES string of the molecule is Cn1ncc(C(=O)NCCCCC(F)(F)F)c1N. The summed E-state index contributed by atoms with van der Waals surface area (Å²) in [5, 5.41) is 6.30. The highest BCUT2D eigenvalue weighted by atomic mass is 19.4. The molecule has 0 aromatic carbocycles. The zero-order valence-corrected chi connectivity index (χ0v) is 9.92. The summed E-state index contributed by atoms with van der Waals surface area (Å²) in [7, 11) is 1.59. The van der Waals surface area contributed by atoms with E-state index in [4.69, 9.17) is 5.73 Å². The van der Waals surface area contributed by atoms with Gasteiger partial charge in [0.25, 0.3) is 5.91 Å². The molecule has 0 saturated heterocycles. The average Bonchev–Trinajstić information content (AvgIpc) is 2.57. The second-order valence-corrected chi connectivity index (χ2v) is 3.90. The van der Waals surface area contributed by atoms with Crippen molar-refractivity contribution in [1.29, 1.82) is 0 Å². The molecule has 0 fully saturated rings. The zero-order chi connectivity index (χ0) is 13.8. The van der Waals surface area contributed by atoms with Crippen LogP contribution in [0.4, 0.5) is 19.0 Å². The first kappa shape index (κ1) is 14.3. The van der Waals surface area contributed by atoms with Crippen LogP contribution in [0.5, 0.6) is 0 Å². The Kier molecular flexibility index (Phi) is 4.57. The third-order valence-electron chi connectivity index (χ3n) is 2.40. The molecule has 0 aliphatic heterocycles. The summed E-state index contributed by atoms with van der Waals surface area (Å²) in [6.45, 7) is 0.184. The fraction of sp³-hybridized carbons (Fsp3) is 0.600. The van der Waals surface area contributed by atoms with E-state index in [0.717, 1.165) is 0 Å². The lowest BCUT2D eigenvalue weighted by molar-refractivity contribution is -0.135. The first-order valence-electron chi connectivity index (χ1n) is 5.43. The number of nitrogen functional groups attached to an aromatic ring is 1. The molecule has 18 heavy (non-hydrogen) atoms. The van der Waals surface area contributed by atoms with Crippen LogP contribution in [0.3, 0.4) is 0 Å². The Morgan fingerprint density at radius 2 is 2.17 bits per heavy atom. The molecule has 0 bridgehead atoms. The Morgan fingerprint density at radius 1 is 1.50 bits per heavy atom. The summed E-state index contributed by atoms with van der Waals surface area (Å²) >= 11 is 0. The molecule has 5 nitrogen and oxygen atoms in total. The molecular weight excluding hydrogens is 249 g/mol. The monoisotopic (exact) mass is 264 g/mol. The van der Waals surface area contributed by atoms with E-state index >= 15 is 0 Å². The van der Waals surface area contributed by atoms with Crippen LogP contribution in [0.1, 0.15) is 29.6 Å². The number of hydrogen-bond donors (Lipinski definition) is 2. The molecule has 1 rings (SSSR count). The predicted octanol–water partition coefficient (Wildman–Crippen LogP) is 1.46. The number of carbonyl (C=O) groups excluding carboxylic acids is 1. The molecule has 0 aliphatic rings. The Morgan fingerprint density at radius 3 is 2.67 bits per heavy atom. The van der Waals surface area contributed by atoms with Crippen molar-refractivity contribution < 1.29 is 18.0 Å². The van der Waals surface area contributed by atoms with Gasteiger partial charge in [0.2, 0.25) is 0 Å². The summed E-state index contributed by atoms with van der Waals surface area (Å²) in [4.78, 5) is 11.6. The van der Waals surface area contributed by atoms with Crippen molar-refractivity contribution in [3.8, 4) is 0 Å². The Labute approximate surface area is 102 Å². The summed E-state index contributed by atoms with van der Waals surface area (Å²) in [6, 6.07) is 0. The molecule has 0 unspecified atom stereocenters. The number of nitrogens with one attached hydrogen (secondary N) is 1. The normalized spacial score (nSPS) is 11.6. The number of nitrogens with zero attached hydrogens (tertiary/aromatic N) is 2. The molecule has 0 radical (unpaired) electrons. The minimum absolute atomic E-state index is 0.00764. The van der Waals surface area contributed by atoms with Gasteiger partial charge < -0.3 is 11.1 Å². The van der Waals surface area contributed by atoms with E-state index in [1.54, 1.807) is 7.05 Å². The molecule has 1 heterocycles. The van der Waals surface area contributed by atoms with E-state index in [0.29, 0.717) is 0 Å². The summed E-state index contributed by atoms with van der Waals surface area (Å²) in [5.74, 6) is -0.199. The molecule has 3 N–H and O–H groups in total. The molecule has 1 amide bonds. The number of carbonyl (C=O) groups is 1.